The summed E-state index contributed by atoms with van der Waals surface area (Å²) in [7, 11) is 0. The number of piperazine rings is 1. The van der Waals surface area contributed by atoms with Crippen LogP contribution in [0.1, 0.15) is 15.9 Å². The molecule has 1 unspecified atom stereocenters. The van der Waals surface area contributed by atoms with Gasteiger partial charge in [-0.15, -0.1) is 0 Å². The molecular formula is C23H25N5O5. The fourth-order valence-corrected chi connectivity index (χ4v) is 3.87. The normalized spacial score (nSPS) is 19.5. The van der Waals surface area contributed by atoms with Crippen molar-refractivity contribution in [3.8, 4) is 0 Å². The SMILES string of the molecule is NC(=NC(=O)c1ccccc1)c1ccc(N2CC(CN3CCN(C(=O)O)CC3)OC2=O)cc1. The van der Waals surface area contributed by atoms with E-state index in [-0.39, 0.29) is 11.9 Å². The van der Waals surface area contributed by atoms with Gasteiger partial charge in [-0.2, -0.15) is 4.99 Å². The van der Waals surface area contributed by atoms with Crippen LogP contribution in [-0.4, -0.2) is 84.2 Å². The van der Waals surface area contributed by atoms with Crippen LogP contribution in [0.15, 0.2) is 59.6 Å². The molecular weight excluding hydrogens is 426 g/mol. The van der Waals surface area contributed by atoms with Crippen molar-refractivity contribution in [1.29, 1.82) is 0 Å². The van der Waals surface area contributed by atoms with Crippen LogP contribution in [-0.2, 0) is 4.74 Å². The van der Waals surface area contributed by atoms with Gasteiger partial charge in [0.05, 0.1) is 6.54 Å². The number of nitrogens with zero attached hydrogens (tertiary/aromatic N) is 4. The summed E-state index contributed by atoms with van der Waals surface area (Å²) >= 11 is 0. The lowest BCUT2D eigenvalue weighted by Gasteiger charge is -2.33. The number of hydrogen-bond donors (Lipinski definition) is 2. The fraction of sp³-hybridized carbons (Fsp3) is 0.304. The summed E-state index contributed by atoms with van der Waals surface area (Å²) in [6, 6.07) is 15.6. The molecule has 3 N–H and O–H groups in total. The molecule has 10 nitrogen and oxygen atoms in total. The number of nitrogens with two attached hydrogens (primary N) is 1. The maximum atomic E-state index is 12.4. The summed E-state index contributed by atoms with van der Waals surface area (Å²) in [6.07, 6.45) is -1.65. The highest BCUT2D eigenvalue weighted by Crippen LogP contribution is 2.23. The molecule has 0 spiro atoms. The number of benzene rings is 2. The number of carboxylic acid groups (broad SMARTS) is 1. The Bertz CT molecular complexity index is 1050. The number of aliphatic imine (C=N–C) groups is 1. The topological polar surface area (TPSA) is 129 Å². The number of hydrogen-bond acceptors (Lipinski definition) is 5. The van der Waals surface area contributed by atoms with Gasteiger partial charge in [0.25, 0.3) is 5.91 Å². The zero-order chi connectivity index (χ0) is 23.4. The summed E-state index contributed by atoms with van der Waals surface area (Å²) in [5.41, 5.74) is 7.68. The molecule has 0 aromatic heterocycles. The van der Waals surface area contributed by atoms with Crippen molar-refractivity contribution >= 4 is 29.6 Å². The molecule has 2 aromatic carbocycles. The lowest BCUT2D eigenvalue weighted by Crippen LogP contribution is -2.50. The molecule has 3 amide bonds. The van der Waals surface area contributed by atoms with Crippen molar-refractivity contribution in [2.24, 2.45) is 10.7 Å². The largest absolute Gasteiger partial charge is 0.465 e. The highest BCUT2D eigenvalue weighted by molar-refractivity contribution is 6.08. The van der Waals surface area contributed by atoms with E-state index in [2.05, 4.69) is 9.89 Å². The summed E-state index contributed by atoms with van der Waals surface area (Å²) in [6.45, 7) is 3.04. The van der Waals surface area contributed by atoms with Gasteiger partial charge in [0.15, 0.2) is 0 Å². The van der Waals surface area contributed by atoms with Crippen molar-refractivity contribution in [3.05, 3.63) is 65.7 Å². The Labute approximate surface area is 190 Å². The molecule has 0 radical (unpaired) electrons. The number of anilines is 1. The first-order valence-electron chi connectivity index (χ1n) is 10.6. The minimum Gasteiger partial charge on any atom is -0.465 e. The number of carbonyl (C=O) groups is 3. The molecule has 0 bridgehead atoms. The minimum atomic E-state index is -0.910. The van der Waals surface area contributed by atoms with Gasteiger partial charge in [0.2, 0.25) is 0 Å². The van der Waals surface area contributed by atoms with Gasteiger partial charge in [0.1, 0.15) is 11.9 Å². The number of ether oxygens (including phenoxy) is 1. The molecule has 4 rings (SSSR count). The molecule has 0 aliphatic carbocycles. The van der Waals surface area contributed by atoms with Crippen LogP contribution in [0.2, 0.25) is 0 Å². The molecule has 2 saturated heterocycles. The highest BCUT2D eigenvalue weighted by atomic mass is 16.6. The third-order valence-electron chi connectivity index (χ3n) is 5.70. The fourth-order valence-electron chi connectivity index (χ4n) is 3.87. The highest BCUT2D eigenvalue weighted by Gasteiger charge is 2.34. The monoisotopic (exact) mass is 451 g/mol. The van der Waals surface area contributed by atoms with Crippen molar-refractivity contribution in [2.45, 2.75) is 6.10 Å². The molecule has 2 fully saturated rings. The van der Waals surface area contributed by atoms with Crippen LogP contribution in [0.5, 0.6) is 0 Å². The van der Waals surface area contributed by atoms with Crippen molar-refractivity contribution < 1.29 is 24.2 Å². The molecule has 10 heteroatoms. The van der Waals surface area contributed by atoms with Crippen molar-refractivity contribution in [2.75, 3.05) is 44.2 Å². The van der Waals surface area contributed by atoms with E-state index >= 15 is 0 Å². The molecule has 1 atom stereocenters. The summed E-state index contributed by atoms with van der Waals surface area (Å²) < 4.78 is 5.51. The zero-order valence-corrected chi connectivity index (χ0v) is 18.0. The quantitative estimate of drug-likeness (QED) is 0.524. The van der Waals surface area contributed by atoms with Crippen LogP contribution in [0.3, 0.4) is 0 Å². The van der Waals surface area contributed by atoms with Crippen LogP contribution >= 0.6 is 0 Å². The molecule has 2 aromatic rings. The summed E-state index contributed by atoms with van der Waals surface area (Å²) in [5, 5.41) is 9.05. The maximum Gasteiger partial charge on any atom is 0.414 e. The van der Waals surface area contributed by atoms with E-state index in [1.165, 1.54) is 4.90 Å². The van der Waals surface area contributed by atoms with E-state index in [0.29, 0.717) is 56.1 Å². The molecule has 0 saturated carbocycles. The van der Waals surface area contributed by atoms with Crippen LogP contribution in [0.25, 0.3) is 0 Å². The lowest BCUT2D eigenvalue weighted by molar-refractivity contribution is 0.0737. The summed E-state index contributed by atoms with van der Waals surface area (Å²) in [4.78, 5) is 44.6. The molecule has 2 aliphatic heterocycles. The molecule has 2 heterocycles. The van der Waals surface area contributed by atoms with Gasteiger partial charge in [0, 0.05) is 49.5 Å². The lowest BCUT2D eigenvalue weighted by atomic mass is 10.1. The van der Waals surface area contributed by atoms with Gasteiger partial charge >= 0.3 is 12.2 Å². The van der Waals surface area contributed by atoms with Gasteiger partial charge in [-0.25, -0.2) is 9.59 Å². The van der Waals surface area contributed by atoms with E-state index in [1.807, 2.05) is 6.07 Å². The Morgan fingerprint density at radius 2 is 1.67 bits per heavy atom. The van der Waals surface area contributed by atoms with E-state index in [9.17, 15) is 14.4 Å². The first-order valence-corrected chi connectivity index (χ1v) is 10.6. The van der Waals surface area contributed by atoms with Crippen molar-refractivity contribution in [1.82, 2.24) is 9.80 Å². The Hall–Kier alpha value is -3.92. The maximum absolute atomic E-state index is 12.4. The number of rotatable bonds is 5. The second-order valence-corrected chi connectivity index (χ2v) is 7.90. The minimum absolute atomic E-state index is 0.0952. The Balaban J connectivity index is 1.35. The first kappa shape index (κ1) is 22.3. The smallest absolute Gasteiger partial charge is 0.414 e. The van der Waals surface area contributed by atoms with Crippen molar-refractivity contribution in [3.63, 3.8) is 0 Å². The van der Waals surface area contributed by atoms with Crippen LogP contribution < -0.4 is 10.6 Å². The Kier molecular flexibility index (Phi) is 6.55. The average Bonchev–Trinajstić information content (AvgIpc) is 3.19. The van der Waals surface area contributed by atoms with Gasteiger partial charge < -0.3 is 20.5 Å². The molecule has 2 aliphatic rings. The standard InChI is InChI=1S/C23H25N5O5/c24-20(25-21(29)17-4-2-1-3-5-17)16-6-8-18(9-7-16)28-15-19(33-23(28)32)14-26-10-12-27(13-11-26)22(30)31/h1-9,19H,10-15H2,(H,30,31)(H2,24,25,29). The number of carbonyl (C=O) groups excluding carboxylic acids is 2. The van der Waals surface area contributed by atoms with E-state index in [1.54, 1.807) is 53.4 Å². The number of amides is 3. The second-order valence-electron chi connectivity index (χ2n) is 7.90. The molecule has 172 valence electrons. The number of cyclic esters (lactones) is 1. The van der Waals surface area contributed by atoms with Crippen LogP contribution in [0, 0.1) is 0 Å². The van der Waals surface area contributed by atoms with Gasteiger partial charge in [-0.05, 0) is 36.4 Å². The second kappa shape index (κ2) is 9.70. The Morgan fingerprint density at radius 1 is 1.00 bits per heavy atom. The predicted octanol–water partition coefficient (Wildman–Crippen LogP) is 1.85. The van der Waals surface area contributed by atoms with E-state index < -0.39 is 18.1 Å². The first-order chi connectivity index (χ1) is 15.9. The van der Waals surface area contributed by atoms with E-state index in [0.717, 1.165) is 0 Å². The third kappa shape index (κ3) is 5.29. The Morgan fingerprint density at radius 3 is 2.30 bits per heavy atom. The van der Waals surface area contributed by atoms with Gasteiger partial charge in [-0.1, -0.05) is 18.2 Å². The van der Waals surface area contributed by atoms with E-state index in [4.69, 9.17) is 15.6 Å². The number of amidine groups is 1. The van der Waals surface area contributed by atoms with Crippen LogP contribution in [0.4, 0.5) is 15.3 Å². The molecule has 33 heavy (non-hydrogen) atoms. The zero-order valence-electron chi connectivity index (χ0n) is 18.0. The van der Waals surface area contributed by atoms with Gasteiger partial charge in [-0.3, -0.25) is 14.6 Å². The third-order valence-corrected chi connectivity index (χ3v) is 5.70. The summed E-state index contributed by atoms with van der Waals surface area (Å²) in [5.74, 6) is -0.329. The average molecular weight is 451 g/mol. The predicted molar refractivity (Wildman–Crippen MR) is 122 cm³/mol.